The van der Waals surface area contributed by atoms with Crippen LogP contribution in [0.1, 0.15) is 57.9 Å². The molecule has 0 aromatic heterocycles. The summed E-state index contributed by atoms with van der Waals surface area (Å²) < 4.78 is 0. The van der Waals surface area contributed by atoms with Crippen LogP contribution < -0.4 is 5.32 Å². The molecule has 0 saturated heterocycles. The third-order valence-corrected chi connectivity index (χ3v) is 3.69. The molecule has 0 spiro atoms. The van der Waals surface area contributed by atoms with Gasteiger partial charge in [0.15, 0.2) is 0 Å². The normalized spacial score (nSPS) is 13.8. The van der Waals surface area contributed by atoms with Crippen LogP contribution in [-0.2, 0) is 4.79 Å². The topological polar surface area (TPSA) is 49.3 Å². The Bertz CT molecular complexity index is 431. The number of rotatable bonds is 9. The number of anilines is 1. The van der Waals surface area contributed by atoms with E-state index in [0.29, 0.717) is 6.42 Å². The lowest BCUT2D eigenvalue weighted by Gasteiger charge is -2.27. The molecule has 1 unspecified atom stereocenters. The number of carbonyl (C=O) groups is 1. The third-order valence-electron chi connectivity index (χ3n) is 3.69. The number of carboxylic acids is 1. The molecule has 112 valence electrons. The SMILES string of the molecule is CCCCCCCC(C)(Nc1cccc(C)c1)C(=O)O. The molecule has 0 saturated carbocycles. The highest BCUT2D eigenvalue weighted by atomic mass is 16.4. The van der Waals surface area contributed by atoms with Gasteiger partial charge in [-0.1, -0.05) is 51.2 Å². The van der Waals surface area contributed by atoms with Gasteiger partial charge in [0, 0.05) is 5.69 Å². The summed E-state index contributed by atoms with van der Waals surface area (Å²) in [6, 6.07) is 7.86. The largest absolute Gasteiger partial charge is 0.480 e. The van der Waals surface area contributed by atoms with Crippen LogP contribution in [-0.4, -0.2) is 16.6 Å². The van der Waals surface area contributed by atoms with Crippen LogP contribution in [0, 0.1) is 6.92 Å². The smallest absolute Gasteiger partial charge is 0.329 e. The molecule has 0 radical (unpaired) electrons. The Morgan fingerprint density at radius 1 is 1.25 bits per heavy atom. The van der Waals surface area contributed by atoms with Gasteiger partial charge in [-0.15, -0.1) is 0 Å². The number of unbranched alkanes of at least 4 members (excludes halogenated alkanes) is 4. The van der Waals surface area contributed by atoms with Gasteiger partial charge in [-0.05, 0) is 38.0 Å². The molecular formula is C17H27NO2. The predicted octanol–water partition coefficient (Wildman–Crippen LogP) is 4.61. The molecule has 3 nitrogen and oxygen atoms in total. The zero-order chi connectivity index (χ0) is 15.0. The van der Waals surface area contributed by atoms with Gasteiger partial charge in [0.25, 0.3) is 0 Å². The second-order valence-electron chi connectivity index (χ2n) is 5.80. The van der Waals surface area contributed by atoms with Crippen molar-refractivity contribution in [2.75, 3.05) is 5.32 Å². The second-order valence-corrected chi connectivity index (χ2v) is 5.80. The summed E-state index contributed by atoms with van der Waals surface area (Å²) in [7, 11) is 0. The van der Waals surface area contributed by atoms with E-state index in [4.69, 9.17) is 0 Å². The molecule has 2 N–H and O–H groups in total. The fourth-order valence-electron chi connectivity index (χ4n) is 2.35. The Kier molecular flexibility index (Phi) is 6.56. The summed E-state index contributed by atoms with van der Waals surface area (Å²) in [6.07, 6.45) is 6.33. The first-order chi connectivity index (χ1) is 9.48. The minimum atomic E-state index is -0.889. The lowest BCUT2D eigenvalue weighted by Crippen LogP contribution is -2.43. The van der Waals surface area contributed by atoms with Crippen LogP contribution in [0.4, 0.5) is 5.69 Å². The van der Waals surface area contributed by atoms with E-state index in [1.165, 1.54) is 19.3 Å². The van der Waals surface area contributed by atoms with E-state index < -0.39 is 11.5 Å². The van der Waals surface area contributed by atoms with Crippen LogP contribution in [0.15, 0.2) is 24.3 Å². The summed E-state index contributed by atoms with van der Waals surface area (Å²) in [5, 5.41) is 12.7. The Balaban J connectivity index is 2.60. The van der Waals surface area contributed by atoms with Crippen LogP contribution in [0.2, 0.25) is 0 Å². The number of nitrogens with one attached hydrogen (secondary N) is 1. The van der Waals surface area contributed by atoms with E-state index in [2.05, 4.69) is 12.2 Å². The minimum Gasteiger partial charge on any atom is -0.480 e. The number of aliphatic carboxylic acids is 1. The van der Waals surface area contributed by atoms with E-state index in [9.17, 15) is 9.90 Å². The molecule has 20 heavy (non-hydrogen) atoms. The van der Waals surface area contributed by atoms with Crippen molar-refractivity contribution < 1.29 is 9.90 Å². The number of aryl methyl sites for hydroxylation is 1. The first kappa shape index (κ1) is 16.5. The molecule has 1 atom stereocenters. The summed E-state index contributed by atoms with van der Waals surface area (Å²) in [6.45, 7) is 5.96. The molecule has 0 aliphatic rings. The number of carboxylic acid groups (broad SMARTS) is 1. The molecule has 3 heteroatoms. The van der Waals surface area contributed by atoms with Crippen LogP contribution in [0.25, 0.3) is 0 Å². The van der Waals surface area contributed by atoms with Crippen molar-refractivity contribution in [2.45, 2.75) is 64.8 Å². The van der Waals surface area contributed by atoms with Crippen molar-refractivity contribution >= 4 is 11.7 Å². The summed E-state index contributed by atoms with van der Waals surface area (Å²) in [4.78, 5) is 11.6. The Labute approximate surface area is 122 Å². The van der Waals surface area contributed by atoms with Gasteiger partial charge >= 0.3 is 5.97 Å². The van der Waals surface area contributed by atoms with Gasteiger partial charge in [-0.2, -0.15) is 0 Å². The summed E-state index contributed by atoms with van der Waals surface area (Å²) in [5.74, 6) is -0.783. The molecule has 1 rings (SSSR count). The maximum absolute atomic E-state index is 11.6. The zero-order valence-electron chi connectivity index (χ0n) is 12.9. The standard InChI is InChI=1S/C17H27NO2/c1-4-5-6-7-8-12-17(3,16(19)20)18-15-11-9-10-14(2)13-15/h9-11,13,18H,4-8,12H2,1-3H3,(H,19,20). The highest BCUT2D eigenvalue weighted by molar-refractivity contribution is 5.82. The maximum Gasteiger partial charge on any atom is 0.329 e. The molecule has 0 aliphatic heterocycles. The number of hydrogen-bond donors (Lipinski definition) is 2. The van der Waals surface area contributed by atoms with Crippen LogP contribution >= 0.6 is 0 Å². The molecule has 0 heterocycles. The van der Waals surface area contributed by atoms with E-state index in [-0.39, 0.29) is 0 Å². The fraction of sp³-hybridized carbons (Fsp3) is 0.588. The molecule has 1 aromatic carbocycles. The first-order valence-electron chi connectivity index (χ1n) is 7.56. The van der Waals surface area contributed by atoms with Gasteiger partial charge in [0.2, 0.25) is 0 Å². The van der Waals surface area contributed by atoms with E-state index in [1.807, 2.05) is 31.2 Å². The monoisotopic (exact) mass is 277 g/mol. The average molecular weight is 277 g/mol. The van der Waals surface area contributed by atoms with Crippen molar-refractivity contribution in [3.05, 3.63) is 29.8 Å². The van der Waals surface area contributed by atoms with Gasteiger partial charge < -0.3 is 10.4 Å². The van der Waals surface area contributed by atoms with Crippen molar-refractivity contribution in [1.82, 2.24) is 0 Å². The molecule has 0 amide bonds. The lowest BCUT2D eigenvalue weighted by atomic mass is 9.93. The highest BCUT2D eigenvalue weighted by Gasteiger charge is 2.32. The molecule has 0 fully saturated rings. The van der Waals surface area contributed by atoms with Crippen molar-refractivity contribution in [3.63, 3.8) is 0 Å². The van der Waals surface area contributed by atoms with Gasteiger partial charge in [-0.3, -0.25) is 0 Å². The summed E-state index contributed by atoms with van der Waals surface area (Å²) in [5.41, 5.74) is 1.12. The third kappa shape index (κ3) is 5.24. The Hall–Kier alpha value is -1.51. The van der Waals surface area contributed by atoms with Crippen molar-refractivity contribution in [3.8, 4) is 0 Å². The van der Waals surface area contributed by atoms with Crippen LogP contribution in [0.3, 0.4) is 0 Å². The number of hydrogen-bond acceptors (Lipinski definition) is 2. The highest BCUT2D eigenvalue weighted by Crippen LogP contribution is 2.23. The van der Waals surface area contributed by atoms with Crippen molar-refractivity contribution in [1.29, 1.82) is 0 Å². The average Bonchev–Trinajstić information content (AvgIpc) is 2.38. The van der Waals surface area contributed by atoms with Crippen molar-refractivity contribution in [2.24, 2.45) is 0 Å². The number of benzene rings is 1. The first-order valence-corrected chi connectivity index (χ1v) is 7.56. The van der Waals surface area contributed by atoms with Gasteiger partial charge in [0.05, 0.1) is 0 Å². The van der Waals surface area contributed by atoms with Gasteiger partial charge in [0.1, 0.15) is 5.54 Å². The van der Waals surface area contributed by atoms with Gasteiger partial charge in [-0.25, -0.2) is 4.79 Å². The van der Waals surface area contributed by atoms with E-state index >= 15 is 0 Å². The molecule has 0 bridgehead atoms. The molecule has 1 aromatic rings. The second kappa shape index (κ2) is 7.93. The van der Waals surface area contributed by atoms with E-state index in [0.717, 1.165) is 24.1 Å². The Morgan fingerprint density at radius 2 is 1.95 bits per heavy atom. The van der Waals surface area contributed by atoms with E-state index in [1.54, 1.807) is 6.92 Å². The predicted molar refractivity (Wildman–Crippen MR) is 84.2 cm³/mol. The molecule has 0 aliphatic carbocycles. The maximum atomic E-state index is 11.6. The quantitative estimate of drug-likeness (QED) is 0.648. The lowest BCUT2D eigenvalue weighted by molar-refractivity contribution is -0.142. The molecular weight excluding hydrogens is 250 g/mol. The zero-order valence-corrected chi connectivity index (χ0v) is 12.9. The fourth-order valence-corrected chi connectivity index (χ4v) is 2.35. The summed E-state index contributed by atoms with van der Waals surface area (Å²) >= 11 is 0. The Morgan fingerprint density at radius 3 is 2.55 bits per heavy atom. The van der Waals surface area contributed by atoms with Crippen LogP contribution in [0.5, 0.6) is 0 Å². The minimum absolute atomic E-state index is 0.653.